The lowest BCUT2D eigenvalue weighted by atomic mass is 10.1. The SMILES string of the molecule is COc1ccc(CCC(=O)N2CCCN(C(=O)CCc3nc4ccccc4s3)CC2)cc1. The number of thiazole rings is 1. The normalized spacial score (nSPS) is 14.4. The number of carbonyl (C=O) groups is 2. The van der Waals surface area contributed by atoms with Crippen LogP contribution in [0.3, 0.4) is 0 Å². The number of amides is 2. The van der Waals surface area contributed by atoms with Gasteiger partial charge in [-0.25, -0.2) is 4.98 Å². The third kappa shape index (κ3) is 5.65. The summed E-state index contributed by atoms with van der Waals surface area (Å²) < 4.78 is 6.34. The quantitative estimate of drug-likeness (QED) is 0.546. The van der Waals surface area contributed by atoms with E-state index < -0.39 is 0 Å². The van der Waals surface area contributed by atoms with E-state index in [-0.39, 0.29) is 11.8 Å². The van der Waals surface area contributed by atoms with Gasteiger partial charge in [-0.2, -0.15) is 0 Å². The topological polar surface area (TPSA) is 62.7 Å². The van der Waals surface area contributed by atoms with Gasteiger partial charge >= 0.3 is 0 Å². The van der Waals surface area contributed by atoms with Crippen LogP contribution in [0, 0.1) is 0 Å². The van der Waals surface area contributed by atoms with Gasteiger partial charge in [-0.3, -0.25) is 9.59 Å². The highest BCUT2D eigenvalue weighted by atomic mass is 32.1. The van der Waals surface area contributed by atoms with Crippen LogP contribution in [0.4, 0.5) is 0 Å². The van der Waals surface area contributed by atoms with Crippen molar-refractivity contribution >= 4 is 33.4 Å². The lowest BCUT2D eigenvalue weighted by molar-refractivity contribution is -0.133. The van der Waals surface area contributed by atoms with Gasteiger partial charge in [0.2, 0.25) is 11.8 Å². The first-order valence-corrected chi connectivity index (χ1v) is 12.0. The molecule has 0 radical (unpaired) electrons. The molecule has 1 fully saturated rings. The van der Waals surface area contributed by atoms with Gasteiger partial charge in [0.15, 0.2) is 0 Å². The summed E-state index contributed by atoms with van der Waals surface area (Å²) in [4.78, 5) is 33.9. The van der Waals surface area contributed by atoms with Crippen LogP contribution in [-0.2, 0) is 22.4 Å². The Kier molecular flexibility index (Phi) is 7.37. The standard InChI is InChI=1S/C25H29N3O3S/c1-31-20-10-7-19(8-11-20)9-13-24(29)27-15-4-16-28(18-17-27)25(30)14-12-23-26-21-5-2-3-6-22(21)32-23/h2-3,5-8,10-11H,4,9,12-18H2,1H3. The molecule has 0 atom stereocenters. The molecule has 3 aromatic rings. The zero-order valence-electron chi connectivity index (χ0n) is 18.5. The van der Waals surface area contributed by atoms with Crippen molar-refractivity contribution in [1.29, 1.82) is 0 Å². The molecule has 0 bridgehead atoms. The first-order valence-electron chi connectivity index (χ1n) is 11.2. The Morgan fingerprint density at radius 1 is 0.906 bits per heavy atom. The minimum absolute atomic E-state index is 0.150. The molecule has 2 amide bonds. The van der Waals surface area contributed by atoms with Crippen LogP contribution >= 0.6 is 11.3 Å². The van der Waals surface area contributed by atoms with E-state index in [9.17, 15) is 9.59 Å². The maximum absolute atomic E-state index is 12.8. The molecule has 6 nitrogen and oxygen atoms in total. The fourth-order valence-electron chi connectivity index (χ4n) is 4.02. The summed E-state index contributed by atoms with van der Waals surface area (Å²) in [6.07, 6.45) is 3.15. The Bertz CT molecular complexity index is 1030. The van der Waals surface area contributed by atoms with Crippen molar-refractivity contribution in [2.45, 2.75) is 32.1 Å². The van der Waals surface area contributed by atoms with Gasteiger partial charge in [-0.15, -0.1) is 11.3 Å². The maximum Gasteiger partial charge on any atom is 0.223 e. The fraction of sp³-hybridized carbons (Fsp3) is 0.400. The molecule has 7 heteroatoms. The molecule has 1 aliphatic heterocycles. The molecule has 1 aromatic heterocycles. The average molecular weight is 452 g/mol. The monoisotopic (exact) mass is 451 g/mol. The number of aromatic nitrogens is 1. The van der Waals surface area contributed by atoms with Crippen molar-refractivity contribution in [2.24, 2.45) is 0 Å². The maximum atomic E-state index is 12.8. The Labute approximate surface area is 192 Å². The van der Waals surface area contributed by atoms with Crippen LogP contribution in [0.2, 0.25) is 0 Å². The number of para-hydroxylation sites is 1. The highest BCUT2D eigenvalue weighted by Gasteiger charge is 2.22. The number of hydrogen-bond donors (Lipinski definition) is 0. The molecule has 1 aliphatic rings. The van der Waals surface area contributed by atoms with Crippen molar-refractivity contribution in [3.63, 3.8) is 0 Å². The van der Waals surface area contributed by atoms with Gasteiger partial charge in [-0.1, -0.05) is 24.3 Å². The van der Waals surface area contributed by atoms with Gasteiger partial charge in [0, 0.05) is 45.4 Å². The highest BCUT2D eigenvalue weighted by molar-refractivity contribution is 7.18. The Hall–Kier alpha value is -2.93. The van der Waals surface area contributed by atoms with E-state index in [4.69, 9.17) is 4.74 Å². The van der Waals surface area contributed by atoms with Crippen molar-refractivity contribution in [2.75, 3.05) is 33.3 Å². The first kappa shape index (κ1) is 22.3. The summed E-state index contributed by atoms with van der Waals surface area (Å²) >= 11 is 1.66. The molecular formula is C25H29N3O3S. The Morgan fingerprint density at radius 3 is 2.22 bits per heavy atom. The van der Waals surface area contributed by atoms with Gasteiger partial charge in [0.1, 0.15) is 5.75 Å². The summed E-state index contributed by atoms with van der Waals surface area (Å²) in [6.45, 7) is 2.63. The zero-order chi connectivity index (χ0) is 22.3. The molecule has 1 saturated heterocycles. The van der Waals surface area contributed by atoms with Crippen LogP contribution in [0.15, 0.2) is 48.5 Å². The molecule has 0 spiro atoms. The number of rotatable bonds is 7. The van der Waals surface area contributed by atoms with Crippen molar-refractivity contribution in [3.05, 3.63) is 59.1 Å². The fourth-order valence-corrected chi connectivity index (χ4v) is 4.98. The lowest BCUT2D eigenvalue weighted by Crippen LogP contribution is -2.37. The Balaban J connectivity index is 1.23. The second-order valence-electron chi connectivity index (χ2n) is 8.04. The van der Waals surface area contributed by atoms with Crippen LogP contribution in [-0.4, -0.2) is 59.9 Å². The third-order valence-corrected chi connectivity index (χ3v) is 6.97. The van der Waals surface area contributed by atoms with E-state index in [1.54, 1.807) is 18.4 Å². The molecule has 2 heterocycles. The second kappa shape index (κ2) is 10.6. The molecule has 32 heavy (non-hydrogen) atoms. The van der Waals surface area contributed by atoms with E-state index in [0.29, 0.717) is 51.9 Å². The van der Waals surface area contributed by atoms with Crippen molar-refractivity contribution in [3.8, 4) is 5.75 Å². The van der Waals surface area contributed by atoms with E-state index in [2.05, 4.69) is 11.1 Å². The number of hydrogen-bond acceptors (Lipinski definition) is 5. The van der Waals surface area contributed by atoms with Gasteiger partial charge in [0.25, 0.3) is 0 Å². The number of ether oxygens (including phenoxy) is 1. The van der Waals surface area contributed by atoms with E-state index >= 15 is 0 Å². The van der Waals surface area contributed by atoms with Gasteiger partial charge < -0.3 is 14.5 Å². The smallest absolute Gasteiger partial charge is 0.223 e. The number of carbonyl (C=O) groups excluding carboxylic acids is 2. The molecule has 4 rings (SSSR count). The van der Waals surface area contributed by atoms with Crippen molar-refractivity contribution in [1.82, 2.24) is 14.8 Å². The van der Waals surface area contributed by atoms with Gasteiger partial charge in [-0.05, 0) is 42.7 Å². The summed E-state index contributed by atoms with van der Waals surface area (Å²) in [5.41, 5.74) is 2.12. The van der Waals surface area contributed by atoms with Crippen LogP contribution in [0.5, 0.6) is 5.75 Å². The first-order chi connectivity index (χ1) is 15.6. The zero-order valence-corrected chi connectivity index (χ0v) is 19.3. The average Bonchev–Trinajstić information content (AvgIpc) is 3.08. The number of benzene rings is 2. The minimum atomic E-state index is 0.150. The second-order valence-corrected chi connectivity index (χ2v) is 9.15. The molecule has 168 valence electrons. The third-order valence-electron chi connectivity index (χ3n) is 5.88. The highest BCUT2D eigenvalue weighted by Crippen LogP contribution is 2.22. The van der Waals surface area contributed by atoms with E-state index in [0.717, 1.165) is 33.0 Å². The molecule has 0 saturated carbocycles. The van der Waals surface area contributed by atoms with Crippen LogP contribution in [0.1, 0.15) is 29.8 Å². The number of aryl methyl sites for hydroxylation is 2. The summed E-state index contributed by atoms with van der Waals surface area (Å²) in [5, 5.41) is 1.00. The predicted octanol–water partition coefficient (Wildman–Crippen LogP) is 3.93. The Morgan fingerprint density at radius 2 is 1.56 bits per heavy atom. The number of nitrogens with zero attached hydrogens (tertiary/aromatic N) is 3. The number of methoxy groups -OCH3 is 1. The van der Waals surface area contributed by atoms with E-state index in [1.165, 1.54) is 0 Å². The minimum Gasteiger partial charge on any atom is -0.497 e. The molecule has 0 N–H and O–H groups in total. The molecule has 0 aliphatic carbocycles. The predicted molar refractivity (Wildman–Crippen MR) is 127 cm³/mol. The summed E-state index contributed by atoms with van der Waals surface area (Å²) in [7, 11) is 1.65. The molecular weight excluding hydrogens is 422 g/mol. The summed E-state index contributed by atoms with van der Waals surface area (Å²) in [6, 6.07) is 15.9. The largest absolute Gasteiger partial charge is 0.497 e. The van der Waals surface area contributed by atoms with Gasteiger partial charge in [0.05, 0.1) is 22.3 Å². The van der Waals surface area contributed by atoms with Crippen LogP contribution < -0.4 is 4.74 Å². The van der Waals surface area contributed by atoms with E-state index in [1.807, 2.05) is 52.3 Å². The molecule has 0 unspecified atom stereocenters. The lowest BCUT2D eigenvalue weighted by Gasteiger charge is -2.22. The van der Waals surface area contributed by atoms with Crippen molar-refractivity contribution < 1.29 is 14.3 Å². The number of fused-ring (bicyclic) bond motifs is 1. The van der Waals surface area contributed by atoms with Crippen LogP contribution in [0.25, 0.3) is 10.2 Å². The molecule has 2 aromatic carbocycles. The summed E-state index contributed by atoms with van der Waals surface area (Å²) in [5.74, 6) is 1.13.